The van der Waals surface area contributed by atoms with Gasteiger partial charge in [-0.2, -0.15) is 0 Å². The van der Waals surface area contributed by atoms with E-state index in [1.807, 2.05) is 25.4 Å². The van der Waals surface area contributed by atoms with Gasteiger partial charge in [0.25, 0.3) is 5.56 Å². The van der Waals surface area contributed by atoms with Gasteiger partial charge in [-0.15, -0.1) is 0 Å². The molecule has 4 heteroatoms. The number of aryl methyl sites for hydroxylation is 2. The third kappa shape index (κ3) is 1.25. The van der Waals surface area contributed by atoms with E-state index in [4.69, 9.17) is 0 Å². The minimum Gasteiger partial charge on any atom is -0.343 e. The van der Waals surface area contributed by atoms with Gasteiger partial charge in [0.15, 0.2) is 0 Å². The van der Waals surface area contributed by atoms with Crippen LogP contribution < -0.4 is 5.56 Å². The van der Waals surface area contributed by atoms with Crippen molar-refractivity contribution >= 4 is 32.6 Å². The van der Waals surface area contributed by atoms with E-state index in [0.717, 1.165) is 38.1 Å². The molecule has 4 rings (SSSR count). The summed E-state index contributed by atoms with van der Waals surface area (Å²) < 4.78 is 2.08. The summed E-state index contributed by atoms with van der Waals surface area (Å²) in [4.78, 5) is 19.2. The zero-order chi connectivity index (χ0) is 13.9. The van der Waals surface area contributed by atoms with Gasteiger partial charge < -0.3 is 9.55 Å². The molecule has 0 spiro atoms. The van der Waals surface area contributed by atoms with Crippen molar-refractivity contribution in [3.8, 4) is 0 Å². The lowest BCUT2D eigenvalue weighted by molar-refractivity contribution is 1.01. The maximum Gasteiger partial charge on any atom is 0.258 e. The van der Waals surface area contributed by atoms with Crippen LogP contribution in [0.15, 0.2) is 41.6 Å². The number of pyridine rings is 2. The summed E-state index contributed by atoms with van der Waals surface area (Å²) in [5.41, 5.74) is 3.09. The minimum atomic E-state index is -0.0422. The van der Waals surface area contributed by atoms with Crippen LogP contribution in [0.1, 0.15) is 5.56 Å². The third-order valence-electron chi connectivity index (χ3n) is 4.09. The molecule has 0 aliphatic heterocycles. The van der Waals surface area contributed by atoms with Crippen LogP contribution in [-0.2, 0) is 7.05 Å². The van der Waals surface area contributed by atoms with Gasteiger partial charge in [0.1, 0.15) is 0 Å². The molecule has 0 aliphatic rings. The molecule has 1 aromatic carbocycles. The fourth-order valence-corrected chi connectivity index (χ4v) is 3.09. The molecule has 4 nitrogen and oxygen atoms in total. The lowest BCUT2D eigenvalue weighted by Crippen LogP contribution is -2.04. The second-order valence-corrected chi connectivity index (χ2v) is 5.12. The second-order valence-electron chi connectivity index (χ2n) is 5.12. The number of benzene rings is 1. The lowest BCUT2D eigenvalue weighted by atomic mass is 10.0. The molecule has 0 aliphatic carbocycles. The molecule has 0 saturated heterocycles. The first-order valence-corrected chi connectivity index (χ1v) is 6.51. The predicted molar refractivity (Wildman–Crippen MR) is 81.1 cm³/mol. The second kappa shape index (κ2) is 3.70. The smallest absolute Gasteiger partial charge is 0.258 e. The van der Waals surface area contributed by atoms with Crippen molar-refractivity contribution in [2.75, 3.05) is 0 Å². The molecular formula is C16H13N3O. The van der Waals surface area contributed by atoms with Crippen LogP contribution in [0.4, 0.5) is 0 Å². The number of nitrogens with zero attached hydrogens (tertiary/aromatic N) is 2. The maximum atomic E-state index is 12.2. The molecule has 3 heterocycles. The van der Waals surface area contributed by atoms with E-state index in [1.165, 1.54) is 0 Å². The van der Waals surface area contributed by atoms with Crippen LogP contribution >= 0.6 is 0 Å². The quantitative estimate of drug-likeness (QED) is 0.530. The van der Waals surface area contributed by atoms with Crippen molar-refractivity contribution < 1.29 is 0 Å². The number of fused-ring (bicyclic) bond motifs is 4. The maximum absolute atomic E-state index is 12.2. The monoisotopic (exact) mass is 263 g/mol. The average molecular weight is 263 g/mol. The summed E-state index contributed by atoms with van der Waals surface area (Å²) in [6, 6.07) is 6.07. The van der Waals surface area contributed by atoms with Crippen LogP contribution in [0.25, 0.3) is 32.6 Å². The Kier molecular flexibility index (Phi) is 2.07. The number of hydrogen-bond donors (Lipinski definition) is 1. The Hall–Kier alpha value is -2.62. The zero-order valence-corrected chi connectivity index (χ0v) is 11.3. The van der Waals surface area contributed by atoms with E-state index in [9.17, 15) is 4.79 Å². The van der Waals surface area contributed by atoms with Gasteiger partial charge in [-0.1, -0.05) is 0 Å². The molecule has 0 radical (unpaired) electrons. The highest BCUT2D eigenvalue weighted by molar-refractivity contribution is 6.14. The Labute approximate surface area is 114 Å². The van der Waals surface area contributed by atoms with Crippen molar-refractivity contribution in [1.29, 1.82) is 0 Å². The summed E-state index contributed by atoms with van der Waals surface area (Å²) in [7, 11) is 2.00. The van der Waals surface area contributed by atoms with Gasteiger partial charge in [0, 0.05) is 41.9 Å². The Bertz CT molecular complexity index is 1040. The number of nitrogens with one attached hydrogen (secondary N) is 1. The van der Waals surface area contributed by atoms with Crippen molar-refractivity contribution in [2.45, 2.75) is 6.92 Å². The van der Waals surface area contributed by atoms with E-state index < -0.39 is 0 Å². The molecule has 1 N–H and O–H groups in total. The van der Waals surface area contributed by atoms with Crippen LogP contribution in [0, 0.1) is 6.92 Å². The Balaban J connectivity index is 2.43. The van der Waals surface area contributed by atoms with E-state index in [-0.39, 0.29) is 5.56 Å². The van der Waals surface area contributed by atoms with Crippen LogP contribution in [0.3, 0.4) is 0 Å². The van der Waals surface area contributed by atoms with Crippen LogP contribution in [0.2, 0.25) is 0 Å². The summed E-state index contributed by atoms with van der Waals surface area (Å²) >= 11 is 0. The van der Waals surface area contributed by atoms with E-state index in [2.05, 4.69) is 27.5 Å². The molecule has 0 bridgehead atoms. The van der Waals surface area contributed by atoms with Gasteiger partial charge in [0.05, 0.1) is 10.9 Å². The van der Waals surface area contributed by atoms with E-state index in [0.29, 0.717) is 0 Å². The van der Waals surface area contributed by atoms with E-state index in [1.54, 1.807) is 12.4 Å². The molecule has 0 saturated carbocycles. The SMILES string of the molecule is Cc1c2cnccc2cc2c1c1c(=O)[nH]ccc1n2C. The third-order valence-corrected chi connectivity index (χ3v) is 4.09. The highest BCUT2D eigenvalue weighted by atomic mass is 16.1. The number of hydrogen-bond acceptors (Lipinski definition) is 2. The van der Waals surface area contributed by atoms with Crippen molar-refractivity contribution in [3.63, 3.8) is 0 Å². The lowest BCUT2D eigenvalue weighted by Gasteiger charge is -2.05. The van der Waals surface area contributed by atoms with Gasteiger partial charge in [-0.25, -0.2) is 0 Å². The number of aromatic nitrogens is 3. The molecule has 0 amide bonds. The number of aromatic amines is 1. The summed E-state index contributed by atoms with van der Waals surface area (Å²) in [6.07, 6.45) is 5.35. The first-order valence-electron chi connectivity index (χ1n) is 6.51. The van der Waals surface area contributed by atoms with Gasteiger partial charge in [-0.05, 0) is 36.1 Å². The van der Waals surface area contributed by atoms with Gasteiger partial charge >= 0.3 is 0 Å². The molecule has 20 heavy (non-hydrogen) atoms. The Morgan fingerprint density at radius 1 is 1.20 bits per heavy atom. The standard InChI is InChI=1S/C16H13N3O/c1-9-11-8-17-5-3-10(11)7-13-14(9)15-12(19(13)2)4-6-18-16(15)20/h3-8H,1-2H3,(H,18,20). The van der Waals surface area contributed by atoms with Gasteiger partial charge in [-0.3, -0.25) is 9.78 Å². The van der Waals surface area contributed by atoms with Crippen LogP contribution in [0.5, 0.6) is 0 Å². The highest BCUT2D eigenvalue weighted by Gasteiger charge is 2.15. The first kappa shape index (κ1) is 11.2. The fourth-order valence-electron chi connectivity index (χ4n) is 3.09. The van der Waals surface area contributed by atoms with Crippen molar-refractivity contribution in [2.24, 2.45) is 7.05 Å². The zero-order valence-electron chi connectivity index (χ0n) is 11.3. The molecule has 0 unspecified atom stereocenters. The van der Waals surface area contributed by atoms with Crippen LogP contribution in [-0.4, -0.2) is 14.5 Å². The molecule has 3 aromatic heterocycles. The Morgan fingerprint density at radius 3 is 2.90 bits per heavy atom. The van der Waals surface area contributed by atoms with E-state index >= 15 is 0 Å². The van der Waals surface area contributed by atoms with Gasteiger partial charge in [0.2, 0.25) is 0 Å². The highest BCUT2D eigenvalue weighted by Crippen LogP contribution is 2.32. The van der Waals surface area contributed by atoms with Crippen molar-refractivity contribution in [1.82, 2.24) is 14.5 Å². The summed E-state index contributed by atoms with van der Waals surface area (Å²) in [5, 5.41) is 4.01. The first-order chi connectivity index (χ1) is 9.68. The average Bonchev–Trinajstić information content (AvgIpc) is 2.75. The summed E-state index contributed by atoms with van der Waals surface area (Å²) in [6.45, 7) is 2.05. The normalized spacial score (nSPS) is 11.7. The molecule has 0 atom stereocenters. The molecule has 4 aromatic rings. The predicted octanol–water partition coefficient (Wildman–Crippen LogP) is 2.88. The molecule has 0 fully saturated rings. The number of rotatable bonds is 0. The molecular weight excluding hydrogens is 250 g/mol. The fraction of sp³-hybridized carbons (Fsp3) is 0.125. The topological polar surface area (TPSA) is 50.7 Å². The summed E-state index contributed by atoms with van der Waals surface area (Å²) in [5.74, 6) is 0. The molecule has 98 valence electrons. The minimum absolute atomic E-state index is 0.0422. The Morgan fingerprint density at radius 2 is 2.05 bits per heavy atom. The number of H-pyrrole nitrogens is 1. The largest absolute Gasteiger partial charge is 0.343 e. The van der Waals surface area contributed by atoms with Crippen molar-refractivity contribution in [3.05, 3.63) is 52.7 Å².